The van der Waals surface area contributed by atoms with Gasteiger partial charge in [0.05, 0.1) is 11.2 Å². The highest BCUT2D eigenvalue weighted by atomic mass is 15.0. The fourth-order valence-corrected chi connectivity index (χ4v) is 1.69. The van der Waals surface area contributed by atoms with E-state index in [9.17, 15) is 0 Å². The van der Waals surface area contributed by atoms with Crippen molar-refractivity contribution in [1.82, 2.24) is 4.98 Å². The molecule has 2 aromatic rings. The van der Waals surface area contributed by atoms with E-state index in [2.05, 4.69) is 10.3 Å². The van der Waals surface area contributed by atoms with Crippen molar-refractivity contribution >= 4 is 22.4 Å². The lowest BCUT2D eigenvalue weighted by Crippen LogP contribution is -2.05. The van der Waals surface area contributed by atoms with Crippen molar-refractivity contribution in [1.29, 1.82) is 0 Å². The van der Waals surface area contributed by atoms with Crippen LogP contribution in [-0.2, 0) is 0 Å². The summed E-state index contributed by atoms with van der Waals surface area (Å²) in [5.41, 5.74) is 8.84. The number of hydrogen-bond donors (Lipinski definition) is 2. The third-order valence-corrected chi connectivity index (χ3v) is 2.54. The SMILES string of the molecule is CCNc1nc2ccccc2c(C)c1N. The van der Waals surface area contributed by atoms with Gasteiger partial charge in [0.25, 0.3) is 0 Å². The third kappa shape index (κ3) is 1.61. The van der Waals surface area contributed by atoms with E-state index in [0.29, 0.717) is 0 Å². The van der Waals surface area contributed by atoms with E-state index < -0.39 is 0 Å². The van der Waals surface area contributed by atoms with Crippen LogP contribution in [0.5, 0.6) is 0 Å². The normalized spacial score (nSPS) is 10.5. The monoisotopic (exact) mass is 201 g/mol. The smallest absolute Gasteiger partial charge is 0.150 e. The molecule has 0 aliphatic carbocycles. The molecule has 3 N–H and O–H groups in total. The van der Waals surface area contributed by atoms with E-state index in [1.165, 1.54) is 0 Å². The van der Waals surface area contributed by atoms with Crippen LogP contribution in [0.4, 0.5) is 11.5 Å². The van der Waals surface area contributed by atoms with Gasteiger partial charge in [0.2, 0.25) is 0 Å². The lowest BCUT2D eigenvalue weighted by atomic mass is 10.1. The van der Waals surface area contributed by atoms with Gasteiger partial charge in [0, 0.05) is 11.9 Å². The van der Waals surface area contributed by atoms with Gasteiger partial charge in [-0.05, 0) is 25.5 Å². The molecule has 78 valence electrons. The highest BCUT2D eigenvalue weighted by Crippen LogP contribution is 2.27. The van der Waals surface area contributed by atoms with E-state index in [0.717, 1.165) is 34.5 Å². The average Bonchev–Trinajstić information content (AvgIpc) is 2.26. The van der Waals surface area contributed by atoms with E-state index in [1.807, 2.05) is 38.1 Å². The van der Waals surface area contributed by atoms with Crippen molar-refractivity contribution in [3.63, 3.8) is 0 Å². The number of benzene rings is 1. The van der Waals surface area contributed by atoms with Crippen molar-refractivity contribution in [2.24, 2.45) is 0 Å². The Hall–Kier alpha value is -1.77. The predicted molar refractivity (Wildman–Crippen MR) is 65.1 cm³/mol. The highest BCUT2D eigenvalue weighted by Gasteiger charge is 2.07. The molecule has 0 saturated carbocycles. The second-order valence-corrected chi connectivity index (χ2v) is 3.55. The molecule has 0 spiro atoms. The van der Waals surface area contributed by atoms with E-state index in [1.54, 1.807) is 0 Å². The van der Waals surface area contributed by atoms with Gasteiger partial charge in [-0.1, -0.05) is 18.2 Å². The zero-order chi connectivity index (χ0) is 10.8. The fourth-order valence-electron chi connectivity index (χ4n) is 1.69. The molecule has 0 saturated heterocycles. The largest absolute Gasteiger partial charge is 0.396 e. The first kappa shape index (κ1) is 9.77. The maximum absolute atomic E-state index is 6.01. The molecule has 0 unspecified atom stereocenters. The first-order valence-corrected chi connectivity index (χ1v) is 5.12. The van der Waals surface area contributed by atoms with Gasteiger partial charge in [0.1, 0.15) is 5.82 Å². The number of anilines is 2. The van der Waals surface area contributed by atoms with Crippen LogP contribution >= 0.6 is 0 Å². The minimum atomic E-state index is 0.746. The van der Waals surface area contributed by atoms with E-state index in [-0.39, 0.29) is 0 Å². The zero-order valence-corrected chi connectivity index (χ0v) is 9.04. The number of para-hydroxylation sites is 1. The van der Waals surface area contributed by atoms with Gasteiger partial charge >= 0.3 is 0 Å². The number of nitrogens with two attached hydrogens (primary N) is 1. The highest BCUT2D eigenvalue weighted by molar-refractivity contribution is 5.90. The number of aryl methyl sites for hydroxylation is 1. The quantitative estimate of drug-likeness (QED) is 0.785. The molecule has 1 aromatic carbocycles. The summed E-state index contributed by atoms with van der Waals surface area (Å²) in [5, 5.41) is 4.29. The molecule has 1 heterocycles. The topological polar surface area (TPSA) is 50.9 Å². The van der Waals surface area contributed by atoms with E-state index in [4.69, 9.17) is 5.73 Å². The lowest BCUT2D eigenvalue weighted by molar-refractivity contribution is 1.17. The Morgan fingerprint density at radius 1 is 1.33 bits per heavy atom. The van der Waals surface area contributed by atoms with Crippen molar-refractivity contribution in [3.8, 4) is 0 Å². The second kappa shape index (κ2) is 3.77. The molecule has 0 radical (unpaired) electrons. The molecule has 0 fully saturated rings. The Morgan fingerprint density at radius 2 is 2.07 bits per heavy atom. The molecule has 0 aliphatic rings. The van der Waals surface area contributed by atoms with Gasteiger partial charge in [0.15, 0.2) is 0 Å². The van der Waals surface area contributed by atoms with Crippen LogP contribution in [-0.4, -0.2) is 11.5 Å². The number of pyridine rings is 1. The number of nitrogens with zero attached hydrogens (tertiary/aromatic N) is 1. The van der Waals surface area contributed by atoms with Crippen LogP contribution in [0, 0.1) is 6.92 Å². The second-order valence-electron chi connectivity index (χ2n) is 3.55. The molecular formula is C12H15N3. The van der Waals surface area contributed by atoms with Crippen LogP contribution in [0.15, 0.2) is 24.3 Å². The molecule has 0 amide bonds. The lowest BCUT2D eigenvalue weighted by Gasteiger charge is -2.11. The fraction of sp³-hybridized carbons (Fsp3) is 0.250. The number of fused-ring (bicyclic) bond motifs is 1. The molecular weight excluding hydrogens is 186 g/mol. The maximum atomic E-state index is 6.01. The standard InChI is InChI=1S/C12H15N3/c1-3-14-12-11(13)8(2)9-6-4-5-7-10(9)15-12/h4-7H,3,13H2,1-2H3,(H,14,15). The summed E-state index contributed by atoms with van der Waals surface area (Å²) in [6.45, 7) is 4.89. The predicted octanol–water partition coefficient (Wildman–Crippen LogP) is 2.56. The summed E-state index contributed by atoms with van der Waals surface area (Å²) < 4.78 is 0. The molecule has 0 atom stereocenters. The Morgan fingerprint density at radius 3 is 2.80 bits per heavy atom. The Bertz CT molecular complexity index is 491. The van der Waals surface area contributed by atoms with Crippen LogP contribution in [0.1, 0.15) is 12.5 Å². The summed E-state index contributed by atoms with van der Waals surface area (Å²) in [4.78, 5) is 4.49. The van der Waals surface area contributed by atoms with Crippen LogP contribution in [0.2, 0.25) is 0 Å². The summed E-state index contributed by atoms with van der Waals surface area (Å²) >= 11 is 0. The van der Waals surface area contributed by atoms with Crippen LogP contribution in [0.3, 0.4) is 0 Å². The number of aromatic nitrogens is 1. The molecule has 3 nitrogen and oxygen atoms in total. The van der Waals surface area contributed by atoms with Gasteiger partial charge in [-0.25, -0.2) is 4.98 Å². The van der Waals surface area contributed by atoms with Crippen LogP contribution in [0.25, 0.3) is 10.9 Å². The maximum Gasteiger partial charge on any atom is 0.150 e. The number of nitrogen functional groups attached to an aromatic ring is 1. The van der Waals surface area contributed by atoms with E-state index >= 15 is 0 Å². The van der Waals surface area contributed by atoms with Gasteiger partial charge < -0.3 is 11.1 Å². The average molecular weight is 201 g/mol. The minimum Gasteiger partial charge on any atom is -0.396 e. The van der Waals surface area contributed by atoms with Crippen molar-refractivity contribution in [3.05, 3.63) is 29.8 Å². The van der Waals surface area contributed by atoms with Gasteiger partial charge in [-0.15, -0.1) is 0 Å². The summed E-state index contributed by atoms with van der Waals surface area (Å²) in [5.74, 6) is 0.786. The Kier molecular flexibility index (Phi) is 2.46. The van der Waals surface area contributed by atoms with Gasteiger partial charge in [-0.2, -0.15) is 0 Å². The number of nitrogens with one attached hydrogen (secondary N) is 1. The molecule has 15 heavy (non-hydrogen) atoms. The summed E-state index contributed by atoms with van der Waals surface area (Å²) in [6.07, 6.45) is 0. The molecule has 3 heteroatoms. The molecule has 0 bridgehead atoms. The minimum absolute atomic E-state index is 0.746. The first-order valence-electron chi connectivity index (χ1n) is 5.12. The van der Waals surface area contributed by atoms with Crippen molar-refractivity contribution < 1.29 is 0 Å². The summed E-state index contributed by atoms with van der Waals surface area (Å²) in [6, 6.07) is 8.04. The molecule has 0 aliphatic heterocycles. The first-order chi connectivity index (χ1) is 7.24. The Balaban J connectivity index is 2.71. The summed E-state index contributed by atoms with van der Waals surface area (Å²) in [7, 11) is 0. The number of rotatable bonds is 2. The van der Waals surface area contributed by atoms with Gasteiger partial charge in [-0.3, -0.25) is 0 Å². The van der Waals surface area contributed by atoms with Crippen molar-refractivity contribution in [2.75, 3.05) is 17.6 Å². The number of hydrogen-bond acceptors (Lipinski definition) is 3. The molecule has 1 aromatic heterocycles. The third-order valence-electron chi connectivity index (χ3n) is 2.54. The Labute approximate surface area is 89.3 Å². The zero-order valence-electron chi connectivity index (χ0n) is 9.04. The molecule has 2 rings (SSSR count). The van der Waals surface area contributed by atoms with Crippen molar-refractivity contribution in [2.45, 2.75) is 13.8 Å². The van der Waals surface area contributed by atoms with Crippen LogP contribution < -0.4 is 11.1 Å².